The summed E-state index contributed by atoms with van der Waals surface area (Å²) in [5.74, 6) is -1.56. The van der Waals surface area contributed by atoms with Gasteiger partial charge in [-0.1, -0.05) is 6.58 Å². The fourth-order valence-electron chi connectivity index (χ4n) is 0. The second-order valence-corrected chi connectivity index (χ2v) is 1.13. The Hall–Kier alpha value is -0.320. The average molecular weight is 153 g/mol. The summed E-state index contributed by atoms with van der Waals surface area (Å²) in [4.78, 5) is 18.4. The summed E-state index contributed by atoms with van der Waals surface area (Å²) in [6, 6.07) is 0. The van der Waals surface area contributed by atoms with Crippen LogP contribution in [0.2, 0.25) is 0 Å². The van der Waals surface area contributed by atoms with E-state index in [0.29, 0.717) is 0 Å². The molecule has 0 aliphatic heterocycles. The SMILES string of the molecule is C=CC(=O)[O-].CC(N)=O.[Na+]. The molecule has 0 saturated carbocycles. The molecule has 0 unspecified atom stereocenters. The molecule has 0 heterocycles. The molecule has 4 nitrogen and oxygen atoms in total. The summed E-state index contributed by atoms with van der Waals surface area (Å²) < 4.78 is 0. The normalized spacial score (nSPS) is 5.70. The number of nitrogens with two attached hydrogens (primary N) is 1. The first-order valence-corrected chi connectivity index (χ1v) is 2.10. The smallest absolute Gasteiger partial charge is 0.545 e. The fourth-order valence-corrected chi connectivity index (χ4v) is 0. The third-order valence-electron chi connectivity index (χ3n) is 0.167. The van der Waals surface area contributed by atoms with Crippen LogP contribution < -0.4 is 40.4 Å². The molecule has 0 aliphatic carbocycles. The van der Waals surface area contributed by atoms with Gasteiger partial charge in [-0.3, -0.25) is 4.79 Å². The summed E-state index contributed by atoms with van der Waals surface area (Å²) in [5.41, 5.74) is 4.47. The topological polar surface area (TPSA) is 83.2 Å². The molecule has 0 fully saturated rings. The van der Waals surface area contributed by atoms with Crippen LogP contribution in [-0.2, 0) is 9.59 Å². The third-order valence-corrected chi connectivity index (χ3v) is 0.167. The predicted molar refractivity (Wildman–Crippen MR) is 30.1 cm³/mol. The maximum Gasteiger partial charge on any atom is 1.00 e. The number of aliphatic carboxylic acids is 1. The number of hydrogen-bond acceptors (Lipinski definition) is 3. The molecular formula is C5H8NNaO3. The van der Waals surface area contributed by atoms with Crippen molar-refractivity contribution in [2.75, 3.05) is 0 Å². The van der Waals surface area contributed by atoms with Crippen LogP contribution in [0.25, 0.3) is 0 Å². The second-order valence-electron chi connectivity index (χ2n) is 1.13. The summed E-state index contributed by atoms with van der Waals surface area (Å²) >= 11 is 0. The Morgan fingerprint density at radius 2 is 1.70 bits per heavy atom. The zero-order valence-electron chi connectivity index (χ0n) is 6.09. The summed E-state index contributed by atoms with van der Waals surface area (Å²) in [5, 5.41) is 9.14. The third kappa shape index (κ3) is 121. The molecule has 0 spiro atoms. The molecule has 0 radical (unpaired) electrons. The first kappa shape index (κ1) is 16.3. The Morgan fingerprint density at radius 1 is 1.60 bits per heavy atom. The Kier molecular flexibility index (Phi) is 18.8. The maximum absolute atomic E-state index is 9.22. The molecular weight excluding hydrogens is 145 g/mol. The monoisotopic (exact) mass is 153 g/mol. The number of carboxylic acids is 1. The first-order chi connectivity index (χ1) is 4.00. The van der Waals surface area contributed by atoms with Gasteiger partial charge in [0.15, 0.2) is 0 Å². The standard InChI is InChI=1S/C3H4O2.C2H5NO.Na/c1-2-3(4)5;1-2(3)4;/h2H,1H2,(H,4,5);1H3,(H2,3,4);/q;;+1/p-1. The van der Waals surface area contributed by atoms with Gasteiger partial charge in [-0.05, 0) is 6.08 Å². The summed E-state index contributed by atoms with van der Waals surface area (Å²) in [6.07, 6.45) is 0.722. The van der Waals surface area contributed by atoms with Crippen LogP contribution in [0.5, 0.6) is 0 Å². The molecule has 1 amide bonds. The summed E-state index contributed by atoms with van der Waals surface area (Å²) in [6.45, 7) is 4.20. The minimum absolute atomic E-state index is 0. The van der Waals surface area contributed by atoms with E-state index < -0.39 is 5.97 Å². The van der Waals surface area contributed by atoms with Gasteiger partial charge >= 0.3 is 29.6 Å². The number of primary amides is 1. The van der Waals surface area contributed by atoms with E-state index in [1.165, 1.54) is 6.92 Å². The van der Waals surface area contributed by atoms with E-state index in [1.807, 2.05) is 0 Å². The number of carbonyl (C=O) groups excluding carboxylic acids is 2. The Balaban J connectivity index is -0.0000000910. The van der Waals surface area contributed by atoms with Crippen molar-refractivity contribution in [3.63, 3.8) is 0 Å². The number of amides is 1. The zero-order chi connectivity index (χ0) is 7.86. The minimum atomic E-state index is -1.23. The maximum atomic E-state index is 9.22. The second kappa shape index (κ2) is 11.5. The number of carboxylic acid groups (broad SMARTS) is 1. The Morgan fingerprint density at radius 3 is 1.70 bits per heavy atom. The zero-order valence-corrected chi connectivity index (χ0v) is 8.09. The molecule has 0 rings (SSSR count). The first-order valence-electron chi connectivity index (χ1n) is 2.10. The van der Waals surface area contributed by atoms with Gasteiger partial charge < -0.3 is 15.6 Å². The van der Waals surface area contributed by atoms with Crippen molar-refractivity contribution in [1.29, 1.82) is 0 Å². The number of rotatable bonds is 1. The van der Waals surface area contributed by atoms with Gasteiger partial charge in [-0.15, -0.1) is 0 Å². The van der Waals surface area contributed by atoms with Crippen molar-refractivity contribution in [1.82, 2.24) is 0 Å². The number of hydrogen-bond donors (Lipinski definition) is 1. The summed E-state index contributed by atoms with van der Waals surface area (Å²) in [7, 11) is 0. The largest absolute Gasteiger partial charge is 1.00 e. The predicted octanol–water partition coefficient (Wildman–Crippen LogP) is -4.58. The molecule has 52 valence electrons. The van der Waals surface area contributed by atoms with Crippen molar-refractivity contribution < 1.29 is 44.3 Å². The van der Waals surface area contributed by atoms with Crippen molar-refractivity contribution in [3.05, 3.63) is 12.7 Å². The van der Waals surface area contributed by atoms with Crippen LogP contribution in [0, 0.1) is 0 Å². The van der Waals surface area contributed by atoms with Crippen molar-refractivity contribution in [2.24, 2.45) is 5.73 Å². The Bertz CT molecular complexity index is 120. The van der Waals surface area contributed by atoms with E-state index in [9.17, 15) is 4.79 Å². The number of carbonyl (C=O) groups is 2. The molecule has 0 saturated heterocycles. The van der Waals surface area contributed by atoms with Crippen molar-refractivity contribution in [2.45, 2.75) is 6.92 Å². The van der Waals surface area contributed by atoms with Crippen LogP contribution in [0.4, 0.5) is 0 Å². The van der Waals surface area contributed by atoms with E-state index in [2.05, 4.69) is 12.3 Å². The molecule has 0 aliphatic rings. The van der Waals surface area contributed by atoms with E-state index in [0.717, 1.165) is 6.08 Å². The van der Waals surface area contributed by atoms with Gasteiger partial charge in [0.05, 0.1) is 5.97 Å². The van der Waals surface area contributed by atoms with E-state index in [-0.39, 0.29) is 35.5 Å². The van der Waals surface area contributed by atoms with Gasteiger partial charge in [0.25, 0.3) is 0 Å². The van der Waals surface area contributed by atoms with Crippen LogP contribution in [0.15, 0.2) is 12.7 Å². The van der Waals surface area contributed by atoms with E-state index in [1.54, 1.807) is 0 Å². The molecule has 0 atom stereocenters. The molecule has 0 bridgehead atoms. The van der Waals surface area contributed by atoms with Crippen LogP contribution in [0.1, 0.15) is 6.92 Å². The van der Waals surface area contributed by atoms with Crippen LogP contribution in [-0.4, -0.2) is 11.9 Å². The molecule has 0 aromatic rings. The molecule has 2 N–H and O–H groups in total. The van der Waals surface area contributed by atoms with Gasteiger partial charge in [0, 0.05) is 6.92 Å². The minimum Gasteiger partial charge on any atom is -0.545 e. The quantitative estimate of drug-likeness (QED) is 0.304. The molecule has 5 heteroatoms. The van der Waals surface area contributed by atoms with E-state index >= 15 is 0 Å². The van der Waals surface area contributed by atoms with Gasteiger partial charge in [0.2, 0.25) is 5.91 Å². The fraction of sp³-hybridized carbons (Fsp3) is 0.200. The van der Waals surface area contributed by atoms with Crippen LogP contribution in [0.3, 0.4) is 0 Å². The molecule has 0 aromatic heterocycles. The van der Waals surface area contributed by atoms with Gasteiger partial charge in [-0.25, -0.2) is 0 Å². The van der Waals surface area contributed by atoms with Gasteiger partial charge in [0.1, 0.15) is 0 Å². The Labute approximate surface area is 81.4 Å². The molecule has 0 aromatic carbocycles. The van der Waals surface area contributed by atoms with E-state index in [4.69, 9.17) is 9.90 Å². The van der Waals surface area contributed by atoms with Crippen LogP contribution >= 0.6 is 0 Å². The molecule has 10 heavy (non-hydrogen) atoms. The van der Waals surface area contributed by atoms with Gasteiger partial charge in [-0.2, -0.15) is 0 Å². The van der Waals surface area contributed by atoms with Crippen molar-refractivity contribution in [3.8, 4) is 0 Å². The van der Waals surface area contributed by atoms with Crippen molar-refractivity contribution >= 4 is 11.9 Å². The average Bonchev–Trinajstić information content (AvgIpc) is 1.65.